The Morgan fingerprint density at radius 2 is 2.38 bits per heavy atom. The fraction of sp³-hybridized carbons (Fsp3) is 0.600. The van der Waals surface area contributed by atoms with Gasteiger partial charge in [-0.1, -0.05) is 0 Å². The molecule has 0 bridgehead atoms. The first-order valence-electron chi connectivity index (χ1n) is 4.94. The van der Waals surface area contributed by atoms with E-state index < -0.39 is 11.6 Å². The molecule has 3 N–H and O–H groups in total. The molecule has 0 aliphatic heterocycles. The number of thiazole rings is 1. The third-order valence-corrected chi connectivity index (χ3v) is 3.32. The first-order valence-corrected chi connectivity index (χ1v) is 5.76. The third-order valence-electron chi connectivity index (χ3n) is 2.22. The van der Waals surface area contributed by atoms with Gasteiger partial charge in [0.2, 0.25) is 0 Å². The molecule has 0 aliphatic carbocycles. The van der Waals surface area contributed by atoms with Crippen LogP contribution < -0.4 is 5.32 Å². The van der Waals surface area contributed by atoms with E-state index in [0.29, 0.717) is 0 Å². The average molecular weight is 244 g/mol. The van der Waals surface area contributed by atoms with Crippen LogP contribution in [0.1, 0.15) is 29.8 Å². The monoisotopic (exact) mass is 244 g/mol. The zero-order valence-electron chi connectivity index (χ0n) is 9.52. The Kier molecular flexibility index (Phi) is 4.01. The largest absolute Gasteiger partial charge is 0.479 e. The molecule has 1 rings (SSSR count). The van der Waals surface area contributed by atoms with Crippen molar-refractivity contribution in [2.24, 2.45) is 0 Å². The van der Waals surface area contributed by atoms with Crippen LogP contribution in [0.15, 0.2) is 6.20 Å². The Bertz CT molecular complexity index is 376. The lowest BCUT2D eigenvalue weighted by molar-refractivity contribution is -0.156. The van der Waals surface area contributed by atoms with Gasteiger partial charge in [-0.2, -0.15) is 0 Å². The van der Waals surface area contributed by atoms with Gasteiger partial charge in [-0.25, -0.2) is 9.78 Å². The zero-order chi connectivity index (χ0) is 12.3. The maximum atomic E-state index is 10.7. The van der Waals surface area contributed by atoms with Gasteiger partial charge in [0.15, 0.2) is 5.60 Å². The molecule has 0 fully saturated rings. The van der Waals surface area contributed by atoms with Gasteiger partial charge in [0.25, 0.3) is 0 Å². The molecular formula is C10H16N2O3S. The molecule has 0 spiro atoms. The topological polar surface area (TPSA) is 82.5 Å². The van der Waals surface area contributed by atoms with Crippen molar-refractivity contribution in [1.82, 2.24) is 10.3 Å². The summed E-state index contributed by atoms with van der Waals surface area (Å²) in [6.45, 7) is 5.10. The van der Waals surface area contributed by atoms with Gasteiger partial charge in [-0.05, 0) is 20.8 Å². The van der Waals surface area contributed by atoms with Crippen LogP contribution in [0.3, 0.4) is 0 Å². The van der Waals surface area contributed by atoms with Gasteiger partial charge in [0.1, 0.15) is 5.01 Å². The molecule has 16 heavy (non-hydrogen) atoms. The second-order valence-electron chi connectivity index (χ2n) is 3.99. The highest BCUT2D eigenvalue weighted by Crippen LogP contribution is 2.19. The highest BCUT2D eigenvalue weighted by molar-refractivity contribution is 7.11. The van der Waals surface area contributed by atoms with Gasteiger partial charge in [-0.3, -0.25) is 0 Å². The summed E-state index contributed by atoms with van der Waals surface area (Å²) in [5.74, 6) is -1.23. The van der Waals surface area contributed by atoms with Crippen molar-refractivity contribution in [3.63, 3.8) is 0 Å². The van der Waals surface area contributed by atoms with Crippen LogP contribution in [0, 0.1) is 6.92 Å². The van der Waals surface area contributed by atoms with Crippen molar-refractivity contribution in [1.29, 1.82) is 0 Å². The number of hydrogen-bond donors (Lipinski definition) is 3. The fourth-order valence-corrected chi connectivity index (χ4v) is 1.89. The van der Waals surface area contributed by atoms with E-state index in [1.807, 2.05) is 13.8 Å². The number of aliphatic carboxylic acids is 1. The van der Waals surface area contributed by atoms with E-state index >= 15 is 0 Å². The normalized spacial score (nSPS) is 16.8. The molecule has 0 saturated carbocycles. The van der Waals surface area contributed by atoms with Gasteiger partial charge in [0, 0.05) is 17.6 Å². The lowest BCUT2D eigenvalue weighted by Gasteiger charge is -2.20. The molecule has 0 aliphatic rings. The van der Waals surface area contributed by atoms with Crippen molar-refractivity contribution < 1.29 is 15.0 Å². The first-order chi connectivity index (χ1) is 7.33. The average Bonchev–Trinajstić information content (AvgIpc) is 2.61. The predicted octanol–water partition coefficient (Wildman–Crippen LogP) is 0.938. The molecule has 0 radical (unpaired) electrons. The minimum Gasteiger partial charge on any atom is -0.479 e. The number of nitrogens with one attached hydrogen (secondary N) is 1. The van der Waals surface area contributed by atoms with Gasteiger partial charge < -0.3 is 15.5 Å². The second-order valence-corrected chi connectivity index (χ2v) is 5.26. The lowest BCUT2D eigenvalue weighted by Crippen LogP contribution is -2.45. The number of rotatable bonds is 5. The molecule has 90 valence electrons. The molecule has 6 heteroatoms. The lowest BCUT2D eigenvalue weighted by atomic mass is 10.1. The van der Waals surface area contributed by atoms with E-state index in [4.69, 9.17) is 5.11 Å². The fourth-order valence-electron chi connectivity index (χ4n) is 1.09. The molecule has 2 atom stereocenters. The van der Waals surface area contributed by atoms with Crippen LogP contribution in [-0.2, 0) is 4.79 Å². The third kappa shape index (κ3) is 3.26. The minimum atomic E-state index is -1.75. The number of aromatic nitrogens is 1. The molecule has 1 aromatic rings. The molecule has 5 nitrogen and oxygen atoms in total. The van der Waals surface area contributed by atoms with E-state index in [9.17, 15) is 9.90 Å². The summed E-state index contributed by atoms with van der Waals surface area (Å²) in [7, 11) is 0. The van der Waals surface area contributed by atoms with E-state index in [1.165, 1.54) is 6.92 Å². The molecule has 0 aromatic carbocycles. The summed E-state index contributed by atoms with van der Waals surface area (Å²) in [6, 6.07) is -0.0653. The van der Waals surface area contributed by atoms with Gasteiger partial charge in [0.05, 0.1) is 6.04 Å². The van der Waals surface area contributed by atoms with E-state index in [-0.39, 0.29) is 12.6 Å². The van der Waals surface area contributed by atoms with Gasteiger partial charge in [-0.15, -0.1) is 11.3 Å². The summed E-state index contributed by atoms with van der Waals surface area (Å²) in [5, 5.41) is 22.1. The SMILES string of the molecule is Cc1cnc(C(C)NCC(C)(O)C(=O)O)s1. The molecule has 2 unspecified atom stereocenters. The maximum absolute atomic E-state index is 10.7. The van der Waals surface area contributed by atoms with Crippen LogP contribution in [0.25, 0.3) is 0 Å². The molecular weight excluding hydrogens is 228 g/mol. The molecule has 0 saturated heterocycles. The number of hydrogen-bond acceptors (Lipinski definition) is 5. The zero-order valence-corrected chi connectivity index (χ0v) is 10.3. The Balaban J connectivity index is 2.53. The second kappa shape index (κ2) is 4.90. The number of aliphatic hydroxyl groups is 1. The maximum Gasteiger partial charge on any atom is 0.336 e. The smallest absolute Gasteiger partial charge is 0.336 e. The summed E-state index contributed by atoms with van der Waals surface area (Å²) >= 11 is 1.55. The molecule has 1 aromatic heterocycles. The Labute approximate surface area is 98.1 Å². The summed E-state index contributed by atoms with van der Waals surface area (Å²) < 4.78 is 0. The highest BCUT2D eigenvalue weighted by Gasteiger charge is 2.30. The minimum absolute atomic E-state index is 0.0118. The van der Waals surface area contributed by atoms with Crippen molar-refractivity contribution in [2.45, 2.75) is 32.4 Å². The Morgan fingerprint density at radius 1 is 1.75 bits per heavy atom. The first kappa shape index (κ1) is 13.1. The van der Waals surface area contributed by atoms with E-state index in [0.717, 1.165) is 9.88 Å². The quantitative estimate of drug-likeness (QED) is 0.718. The Hall–Kier alpha value is -0.980. The number of nitrogens with zero attached hydrogens (tertiary/aromatic N) is 1. The number of carboxylic acids is 1. The number of aryl methyl sites for hydroxylation is 1. The summed E-state index contributed by atoms with van der Waals surface area (Å²) in [4.78, 5) is 16.0. The highest BCUT2D eigenvalue weighted by atomic mass is 32.1. The van der Waals surface area contributed by atoms with Crippen LogP contribution in [0.5, 0.6) is 0 Å². The van der Waals surface area contributed by atoms with Crippen LogP contribution in [0.2, 0.25) is 0 Å². The van der Waals surface area contributed by atoms with Crippen molar-refractivity contribution >= 4 is 17.3 Å². The summed E-state index contributed by atoms with van der Waals surface area (Å²) in [5.41, 5.74) is -1.75. The number of carboxylic acid groups (broad SMARTS) is 1. The predicted molar refractivity (Wildman–Crippen MR) is 61.5 cm³/mol. The van der Waals surface area contributed by atoms with Crippen LogP contribution in [-0.4, -0.2) is 33.3 Å². The van der Waals surface area contributed by atoms with Crippen molar-refractivity contribution in [2.75, 3.05) is 6.54 Å². The van der Waals surface area contributed by atoms with E-state index in [1.54, 1.807) is 17.5 Å². The summed E-state index contributed by atoms with van der Waals surface area (Å²) in [6.07, 6.45) is 1.77. The van der Waals surface area contributed by atoms with Gasteiger partial charge >= 0.3 is 5.97 Å². The van der Waals surface area contributed by atoms with Crippen molar-refractivity contribution in [3.8, 4) is 0 Å². The molecule has 0 amide bonds. The standard InChI is InChI=1S/C10H16N2O3S/c1-6-4-11-8(16-6)7(2)12-5-10(3,15)9(13)14/h4,7,12,15H,5H2,1-3H3,(H,13,14). The van der Waals surface area contributed by atoms with Crippen LogP contribution in [0.4, 0.5) is 0 Å². The van der Waals surface area contributed by atoms with Crippen molar-refractivity contribution in [3.05, 3.63) is 16.1 Å². The van der Waals surface area contributed by atoms with E-state index in [2.05, 4.69) is 10.3 Å². The number of carbonyl (C=O) groups is 1. The Morgan fingerprint density at radius 3 is 2.81 bits per heavy atom. The molecule has 1 heterocycles. The van der Waals surface area contributed by atoms with Crippen LogP contribution >= 0.6 is 11.3 Å².